The highest BCUT2D eigenvalue weighted by molar-refractivity contribution is 14.0. The minimum atomic E-state index is 0. The Morgan fingerprint density at radius 2 is 2.00 bits per heavy atom. The number of guanidine groups is 1. The molecule has 2 aromatic rings. The molecule has 31 heavy (non-hydrogen) atoms. The molecule has 170 valence electrons. The van der Waals surface area contributed by atoms with E-state index in [9.17, 15) is 0 Å². The molecule has 0 amide bonds. The number of hydrogen-bond donors (Lipinski definition) is 2. The van der Waals surface area contributed by atoms with Gasteiger partial charge in [0, 0.05) is 48.7 Å². The molecule has 4 rings (SSSR count). The lowest BCUT2D eigenvalue weighted by atomic mass is 10.2. The first-order valence-corrected chi connectivity index (χ1v) is 11.5. The third-order valence-corrected chi connectivity index (χ3v) is 6.16. The lowest BCUT2D eigenvalue weighted by Crippen LogP contribution is -2.45. The molecule has 2 heterocycles. The van der Waals surface area contributed by atoms with E-state index in [1.807, 2.05) is 24.3 Å². The molecule has 1 aliphatic heterocycles. The third kappa shape index (κ3) is 6.79. The smallest absolute Gasteiger partial charge is 0.228 e. The van der Waals surface area contributed by atoms with Gasteiger partial charge >= 0.3 is 0 Å². The summed E-state index contributed by atoms with van der Waals surface area (Å²) in [6.07, 6.45) is 7.29. The second-order valence-electron chi connectivity index (χ2n) is 8.09. The van der Waals surface area contributed by atoms with E-state index in [0.717, 1.165) is 30.7 Å². The SMILES string of the molecule is CCNC(=NCCc1nc(-c2ccc(Cl)cc2)no1)NC1CCN(C2CCCC2)C1.I. The first-order valence-electron chi connectivity index (χ1n) is 11.1. The molecular formula is C22H32ClIN6O. The van der Waals surface area contributed by atoms with Gasteiger partial charge in [0.25, 0.3) is 0 Å². The average molecular weight is 559 g/mol. The molecule has 1 aromatic carbocycles. The van der Waals surface area contributed by atoms with Gasteiger partial charge in [-0.3, -0.25) is 9.89 Å². The number of hydrogen-bond acceptors (Lipinski definition) is 5. The zero-order chi connectivity index (χ0) is 20.8. The van der Waals surface area contributed by atoms with Gasteiger partial charge in [0.2, 0.25) is 11.7 Å². The molecule has 1 unspecified atom stereocenters. The molecule has 1 aliphatic carbocycles. The zero-order valence-corrected chi connectivity index (χ0v) is 21.1. The maximum absolute atomic E-state index is 5.94. The Bertz CT molecular complexity index is 837. The Morgan fingerprint density at radius 1 is 1.23 bits per heavy atom. The van der Waals surface area contributed by atoms with Gasteiger partial charge in [0.15, 0.2) is 5.96 Å². The van der Waals surface area contributed by atoms with Gasteiger partial charge in [-0.15, -0.1) is 24.0 Å². The van der Waals surface area contributed by atoms with Crippen LogP contribution < -0.4 is 10.6 Å². The molecule has 2 aliphatic rings. The van der Waals surface area contributed by atoms with E-state index in [2.05, 4.69) is 32.6 Å². The molecule has 2 N–H and O–H groups in total. The summed E-state index contributed by atoms with van der Waals surface area (Å²) in [5.74, 6) is 2.04. The number of halogens is 2. The van der Waals surface area contributed by atoms with Crippen molar-refractivity contribution in [3.8, 4) is 11.4 Å². The van der Waals surface area contributed by atoms with Crippen molar-refractivity contribution in [2.75, 3.05) is 26.2 Å². The van der Waals surface area contributed by atoms with Gasteiger partial charge in [-0.05, 0) is 50.5 Å². The topological polar surface area (TPSA) is 78.6 Å². The van der Waals surface area contributed by atoms with Crippen LogP contribution in [0.15, 0.2) is 33.8 Å². The van der Waals surface area contributed by atoms with Crippen molar-refractivity contribution in [3.63, 3.8) is 0 Å². The Hall–Kier alpha value is -1.39. The fraction of sp³-hybridized carbons (Fsp3) is 0.591. The van der Waals surface area contributed by atoms with Crippen molar-refractivity contribution in [2.45, 2.75) is 57.5 Å². The number of likely N-dealkylation sites (tertiary alicyclic amines) is 1. The number of nitrogens with zero attached hydrogens (tertiary/aromatic N) is 4. The Kier molecular flexibility index (Phi) is 9.40. The molecule has 1 saturated carbocycles. The minimum absolute atomic E-state index is 0. The van der Waals surface area contributed by atoms with Gasteiger partial charge in [-0.1, -0.05) is 29.6 Å². The average Bonchev–Trinajstić information content (AvgIpc) is 3.50. The molecule has 1 aromatic heterocycles. The van der Waals surface area contributed by atoms with E-state index in [1.54, 1.807) is 0 Å². The highest BCUT2D eigenvalue weighted by Gasteiger charge is 2.30. The lowest BCUT2D eigenvalue weighted by molar-refractivity contribution is 0.242. The fourth-order valence-electron chi connectivity index (χ4n) is 4.36. The van der Waals surface area contributed by atoms with Gasteiger partial charge in [-0.25, -0.2) is 0 Å². The third-order valence-electron chi connectivity index (χ3n) is 5.91. The summed E-state index contributed by atoms with van der Waals surface area (Å²) < 4.78 is 5.38. The van der Waals surface area contributed by atoms with Crippen LogP contribution in [0.2, 0.25) is 5.02 Å². The van der Waals surface area contributed by atoms with Crippen LogP contribution >= 0.6 is 35.6 Å². The van der Waals surface area contributed by atoms with Crippen LogP contribution in [0.3, 0.4) is 0 Å². The second kappa shape index (κ2) is 12.0. The Morgan fingerprint density at radius 3 is 2.74 bits per heavy atom. The van der Waals surface area contributed by atoms with E-state index < -0.39 is 0 Å². The number of rotatable bonds is 7. The van der Waals surface area contributed by atoms with Gasteiger partial charge < -0.3 is 15.2 Å². The maximum Gasteiger partial charge on any atom is 0.228 e. The largest absolute Gasteiger partial charge is 0.357 e. The van der Waals surface area contributed by atoms with Crippen LogP contribution in [-0.2, 0) is 6.42 Å². The number of aliphatic imine (C=N–C) groups is 1. The summed E-state index contributed by atoms with van der Waals surface area (Å²) in [5.41, 5.74) is 0.890. The number of nitrogens with one attached hydrogen (secondary N) is 2. The number of benzene rings is 1. The van der Waals surface area contributed by atoms with Crippen molar-refractivity contribution < 1.29 is 4.52 Å². The molecular weight excluding hydrogens is 527 g/mol. The minimum Gasteiger partial charge on any atom is -0.357 e. The summed E-state index contributed by atoms with van der Waals surface area (Å²) in [5, 5.41) is 11.7. The van der Waals surface area contributed by atoms with Crippen molar-refractivity contribution in [2.24, 2.45) is 4.99 Å². The molecule has 0 radical (unpaired) electrons. The van der Waals surface area contributed by atoms with Crippen LogP contribution in [0.5, 0.6) is 0 Å². The highest BCUT2D eigenvalue weighted by Crippen LogP contribution is 2.26. The molecule has 2 fully saturated rings. The highest BCUT2D eigenvalue weighted by atomic mass is 127. The van der Waals surface area contributed by atoms with Crippen molar-refractivity contribution in [1.29, 1.82) is 0 Å². The van der Waals surface area contributed by atoms with Gasteiger partial charge in [-0.2, -0.15) is 4.98 Å². The van der Waals surface area contributed by atoms with E-state index in [1.165, 1.54) is 38.6 Å². The summed E-state index contributed by atoms with van der Waals surface area (Å²) in [7, 11) is 0. The van der Waals surface area contributed by atoms with Crippen LogP contribution in [-0.4, -0.2) is 59.3 Å². The molecule has 0 spiro atoms. The van der Waals surface area contributed by atoms with E-state index in [0.29, 0.717) is 35.7 Å². The molecule has 9 heteroatoms. The van der Waals surface area contributed by atoms with Crippen molar-refractivity contribution >= 4 is 41.5 Å². The van der Waals surface area contributed by atoms with Crippen LogP contribution in [0.4, 0.5) is 0 Å². The second-order valence-corrected chi connectivity index (χ2v) is 8.53. The summed E-state index contributed by atoms with van der Waals surface area (Å²) in [6, 6.07) is 8.68. The van der Waals surface area contributed by atoms with Crippen molar-refractivity contribution in [3.05, 3.63) is 35.2 Å². The first-order chi connectivity index (χ1) is 14.7. The quantitative estimate of drug-likeness (QED) is 0.302. The van der Waals surface area contributed by atoms with E-state index in [4.69, 9.17) is 21.1 Å². The monoisotopic (exact) mass is 558 g/mol. The molecule has 0 bridgehead atoms. The predicted molar refractivity (Wildman–Crippen MR) is 135 cm³/mol. The molecule has 7 nitrogen and oxygen atoms in total. The Labute approximate surface area is 206 Å². The zero-order valence-electron chi connectivity index (χ0n) is 18.0. The van der Waals surface area contributed by atoms with Crippen LogP contribution in [0.1, 0.15) is 44.9 Å². The lowest BCUT2D eigenvalue weighted by Gasteiger charge is -2.24. The van der Waals surface area contributed by atoms with E-state index >= 15 is 0 Å². The van der Waals surface area contributed by atoms with Crippen LogP contribution in [0, 0.1) is 0 Å². The summed E-state index contributed by atoms with van der Waals surface area (Å²) in [4.78, 5) is 11.8. The first kappa shape index (κ1) is 24.3. The number of aromatic nitrogens is 2. The predicted octanol–water partition coefficient (Wildman–Crippen LogP) is 4.12. The van der Waals surface area contributed by atoms with Gasteiger partial charge in [0.1, 0.15) is 0 Å². The van der Waals surface area contributed by atoms with Crippen molar-refractivity contribution in [1.82, 2.24) is 25.7 Å². The van der Waals surface area contributed by atoms with E-state index in [-0.39, 0.29) is 24.0 Å². The maximum atomic E-state index is 5.94. The summed E-state index contributed by atoms with van der Waals surface area (Å²) >= 11 is 5.94. The molecule has 1 atom stereocenters. The molecule has 1 saturated heterocycles. The Balaban J connectivity index is 0.00000272. The van der Waals surface area contributed by atoms with Gasteiger partial charge in [0.05, 0.1) is 6.54 Å². The summed E-state index contributed by atoms with van der Waals surface area (Å²) in [6.45, 7) is 5.83. The van der Waals surface area contributed by atoms with Crippen LogP contribution in [0.25, 0.3) is 11.4 Å². The fourth-order valence-corrected chi connectivity index (χ4v) is 4.48. The normalized spacial score (nSPS) is 20.1. The standard InChI is InChI=1S/C22H31ClN6O.HI/c1-2-24-22(26-18-12-14-29(15-18)19-5-3-4-6-19)25-13-11-20-27-21(28-30-20)16-7-9-17(23)10-8-16;/h7-10,18-19H,2-6,11-15H2,1H3,(H2,24,25,26);1H.